The molecule has 5 nitrogen and oxygen atoms in total. The van der Waals surface area contributed by atoms with Gasteiger partial charge in [-0.05, 0) is 13.0 Å². The van der Waals surface area contributed by atoms with E-state index < -0.39 is 11.0 Å². The first-order chi connectivity index (χ1) is 7.56. The summed E-state index contributed by atoms with van der Waals surface area (Å²) in [7, 11) is 0. The van der Waals surface area contributed by atoms with Crippen molar-refractivity contribution in [3.05, 3.63) is 33.9 Å². The lowest BCUT2D eigenvalue weighted by Gasteiger charge is -2.11. The van der Waals surface area contributed by atoms with Gasteiger partial charge in [0.05, 0.1) is 11.0 Å². The van der Waals surface area contributed by atoms with Crippen molar-refractivity contribution in [1.29, 1.82) is 0 Å². The number of aliphatic hydroxyl groups excluding tert-OH is 1. The number of hydrogen-bond acceptors (Lipinski definition) is 4. The summed E-state index contributed by atoms with van der Waals surface area (Å²) < 4.78 is 5.16. The molecule has 0 aliphatic heterocycles. The molecule has 0 saturated carbocycles. The van der Waals surface area contributed by atoms with Crippen LogP contribution in [0.2, 0.25) is 0 Å². The molecule has 1 atom stereocenters. The van der Waals surface area contributed by atoms with E-state index in [0.29, 0.717) is 11.3 Å². The van der Waals surface area contributed by atoms with E-state index in [1.54, 1.807) is 0 Å². The highest BCUT2D eigenvalue weighted by atomic mass is 16.6. The predicted molar refractivity (Wildman–Crippen MR) is 58.1 cm³/mol. The molecular weight excluding hydrogens is 210 g/mol. The Morgan fingerprint density at radius 1 is 1.69 bits per heavy atom. The van der Waals surface area contributed by atoms with Crippen molar-refractivity contribution < 1.29 is 14.8 Å². The summed E-state index contributed by atoms with van der Waals surface area (Å²) in [4.78, 5) is 10.0. The first-order valence-corrected chi connectivity index (χ1v) is 4.59. The number of nitro groups is 1. The number of benzene rings is 1. The van der Waals surface area contributed by atoms with Gasteiger partial charge >= 0.3 is 0 Å². The van der Waals surface area contributed by atoms with Gasteiger partial charge in [-0.25, -0.2) is 0 Å². The largest absolute Gasteiger partial charge is 0.481 e. The Hall–Kier alpha value is -2.06. The van der Waals surface area contributed by atoms with Gasteiger partial charge < -0.3 is 9.84 Å². The fourth-order valence-electron chi connectivity index (χ4n) is 1.23. The van der Waals surface area contributed by atoms with Gasteiger partial charge in [-0.1, -0.05) is 5.92 Å². The number of nitrogens with zero attached hydrogens (tertiary/aromatic N) is 1. The van der Waals surface area contributed by atoms with Gasteiger partial charge in [-0.15, -0.1) is 6.42 Å². The minimum absolute atomic E-state index is 0.0531. The number of terminal acetylenes is 1. The molecule has 1 rings (SSSR count). The van der Waals surface area contributed by atoms with Crippen LogP contribution in [0.15, 0.2) is 18.2 Å². The summed E-state index contributed by atoms with van der Waals surface area (Å²) in [5, 5.41) is 20.0. The lowest BCUT2D eigenvalue weighted by molar-refractivity contribution is -0.385. The van der Waals surface area contributed by atoms with Gasteiger partial charge in [0.15, 0.2) is 0 Å². The molecule has 1 aromatic rings. The molecule has 0 aromatic heterocycles. The lowest BCUT2D eigenvalue weighted by atomic mass is 10.1. The second-order valence-corrected chi connectivity index (χ2v) is 3.15. The van der Waals surface area contributed by atoms with E-state index in [9.17, 15) is 15.2 Å². The van der Waals surface area contributed by atoms with Crippen LogP contribution >= 0.6 is 0 Å². The van der Waals surface area contributed by atoms with E-state index >= 15 is 0 Å². The Morgan fingerprint density at radius 2 is 2.38 bits per heavy atom. The molecular formula is C11H11NO4. The average Bonchev–Trinajstić information content (AvgIpc) is 2.25. The minimum Gasteiger partial charge on any atom is -0.481 e. The van der Waals surface area contributed by atoms with Gasteiger partial charge in [0.2, 0.25) is 0 Å². The summed E-state index contributed by atoms with van der Waals surface area (Å²) in [5.74, 6) is 2.64. The topological polar surface area (TPSA) is 72.6 Å². The Balaban J connectivity index is 3.10. The zero-order valence-corrected chi connectivity index (χ0v) is 8.71. The molecule has 0 aliphatic rings. The maximum Gasteiger partial charge on any atom is 0.270 e. The van der Waals surface area contributed by atoms with Crippen LogP contribution in [0.3, 0.4) is 0 Å². The van der Waals surface area contributed by atoms with Gasteiger partial charge in [0.25, 0.3) is 5.69 Å². The van der Waals surface area contributed by atoms with Gasteiger partial charge in [0.1, 0.15) is 12.4 Å². The molecule has 5 heteroatoms. The number of non-ortho nitro benzene ring substituents is 1. The number of hydrogen-bond donors (Lipinski definition) is 1. The molecule has 0 heterocycles. The van der Waals surface area contributed by atoms with E-state index in [-0.39, 0.29) is 12.3 Å². The van der Waals surface area contributed by atoms with E-state index in [0.717, 1.165) is 0 Å². The molecule has 16 heavy (non-hydrogen) atoms. The maximum absolute atomic E-state index is 10.6. The Morgan fingerprint density at radius 3 is 2.88 bits per heavy atom. The zero-order valence-electron chi connectivity index (χ0n) is 8.71. The SMILES string of the molecule is C#CCOc1ccc([N+](=O)[O-])cc1[C@@H](C)O. The highest BCUT2D eigenvalue weighted by Crippen LogP contribution is 2.29. The fraction of sp³-hybridized carbons (Fsp3) is 0.273. The summed E-state index contributed by atoms with van der Waals surface area (Å²) >= 11 is 0. The van der Waals surface area contributed by atoms with Crippen molar-refractivity contribution >= 4 is 5.69 Å². The molecule has 0 saturated heterocycles. The fourth-order valence-corrected chi connectivity index (χ4v) is 1.23. The van der Waals surface area contributed by atoms with E-state index in [1.807, 2.05) is 0 Å². The van der Waals surface area contributed by atoms with Crippen molar-refractivity contribution in [2.24, 2.45) is 0 Å². The predicted octanol–water partition coefficient (Wildman–Crippen LogP) is 1.66. The third-order valence-corrected chi connectivity index (χ3v) is 1.97. The summed E-state index contributed by atoms with van der Waals surface area (Å²) in [5.41, 5.74) is 0.258. The van der Waals surface area contributed by atoms with Crippen LogP contribution < -0.4 is 4.74 Å². The molecule has 0 fully saturated rings. The summed E-state index contributed by atoms with van der Waals surface area (Å²) in [6.45, 7) is 1.55. The van der Waals surface area contributed by atoms with E-state index in [2.05, 4.69) is 5.92 Å². The number of ether oxygens (including phenoxy) is 1. The van der Waals surface area contributed by atoms with Gasteiger partial charge in [0, 0.05) is 17.7 Å². The van der Waals surface area contributed by atoms with Crippen LogP contribution in [0.4, 0.5) is 5.69 Å². The maximum atomic E-state index is 10.6. The van der Waals surface area contributed by atoms with Crippen molar-refractivity contribution in [2.45, 2.75) is 13.0 Å². The first-order valence-electron chi connectivity index (χ1n) is 4.59. The first kappa shape index (κ1) is 12.0. The molecule has 1 aromatic carbocycles. The number of nitro benzene ring substituents is 1. The Bertz CT molecular complexity index is 434. The van der Waals surface area contributed by atoms with Crippen molar-refractivity contribution in [3.63, 3.8) is 0 Å². The van der Waals surface area contributed by atoms with Gasteiger partial charge in [-0.3, -0.25) is 10.1 Å². The van der Waals surface area contributed by atoms with Crippen LogP contribution in [-0.2, 0) is 0 Å². The molecule has 0 bridgehead atoms. The zero-order chi connectivity index (χ0) is 12.1. The van der Waals surface area contributed by atoms with Crippen LogP contribution in [0.25, 0.3) is 0 Å². The van der Waals surface area contributed by atoms with E-state index in [4.69, 9.17) is 11.2 Å². The molecule has 0 radical (unpaired) electrons. The molecule has 1 N–H and O–H groups in total. The Labute approximate surface area is 92.8 Å². The minimum atomic E-state index is -0.854. The smallest absolute Gasteiger partial charge is 0.270 e. The standard InChI is InChI=1S/C11H11NO4/c1-3-6-16-11-5-4-9(12(14)15)7-10(11)8(2)13/h1,4-5,7-8,13H,6H2,2H3/t8-/m1/s1. The van der Waals surface area contributed by atoms with Crippen molar-refractivity contribution in [1.82, 2.24) is 0 Å². The summed E-state index contributed by atoms with van der Waals surface area (Å²) in [6, 6.07) is 4.01. The second kappa shape index (κ2) is 5.14. The molecule has 0 unspecified atom stereocenters. The lowest BCUT2D eigenvalue weighted by Crippen LogP contribution is -2.01. The van der Waals surface area contributed by atoms with E-state index in [1.165, 1.54) is 25.1 Å². The van der Waals surface area contributed by atoms with Crippen molar-refractivity contribution in [3.8, 4) is 18.1 Å². The summed E-state index contributed by atoms with van der Waals surface area (Å²) in [6.07, 6.45) is 4.18. The molecule has 0 aliphatic carbocycles. The third-order valence-electron chi connectivity index (χ3n) is 1.97. The van der Waals surface area contributed by atoms with Crippen LogP contribution in [-0.4, -0.2) is 16.6 Å². The highest BCUT2D eigenvalue weighted by molar-refractivity contribution is 5.44. The van der Waals surface area contributed by atoms with Crippen LogP contribution in [0, 0.1) is 22.5 Å². The molecule has 84 valence electrons. The average molecular weight is 221 g/mol. The number of aliphatic hydroxyl groups is 1. The Kier molecular flexibility index (Phi) is 3.86. The van der Waals surface area contributed by atoms with Crippen LogP contribution in [0.5, 0.6) is 5.75 Å². The third kappa shape index (κ3) is 2.72. The van der Waals surface area contributed by atoms with Gasteiger partial charge in [-0.2, -0.15) is 0 Å². The molecule has 0 spiro atoms. The quantitative estimate of drug-likeness (QED) is 0.476. The van der Waals surface area contributed by atoms with Crippen molar-refractivity contribution in [2.75, 3.05) is 6.61 Å². The number of rotatable bonds is 4. The van der Waals surface area contributed by atoms with Crippen LogP contribution in [0.1, 0.15) is 18.6 Å². The normalized spacial score (nSPS) is 11.6. The second-order valence-electron chi connectivity index (χ2n) is 3.15. The monoisotopic (exact) mass is 221 g/mol. The molecule has 0 amide bonds. The highest BCUT2D eigenvalue weighted by Gasteiger charge is 2.14.